The molecule has 0 N–H and O–H groups in total. The first-order chi connectivity index (χ1) is 16.0. The molecule has 4 rings (SSSR count). The molecule has 7 heteroatoms. The molecule has 33 heavy (non-hydrogen) atoms. The smallest absolute Gasteiger partial charge is 0.260 e. The van der Waals surface area contributed by atoms with E-state index in [1.807, 2.05) is 17.9 Å². The van der Waals surface area contributed by atoms with Gasteiger partial charge in [-0.1, -0.05) is 48.9 Å². The van der Waals surface area contributed by atoms with Crippen molar-refractivity contribution in [2.24, 2.45) is 0 Å². The summed E-state index contributed by atoms with van der Waals surface area (Å²) in [7, 11) is 0. The van der Waals surface area contributed by atoms with E-state index in [0.717, 1.165) is 43.3 Å². The number of amides is 1. The van der Waals surface area contributed by atoms with E-state index in [1.54, 1.807) is 24.3 Å². The van der Waals surface area contributed by atoms with Crippen molar-refractivity contribution in [1.82, 2.24) is 14.9 Å². The first kappa shape index (κ1) is 23.1. The molecule has 1 saturated heterocycles. The summed E-state index contributed by atoms with van der Waals surface area (Å²) in [5.74, 6) is 2.41. The standard InChI is InChI=1S/C26H29ClN4O2/c1-3-24-23(17-20-7-5-4-6-8-20)26(29-19(2)28-24)31-15-13-30(14-16-31)25(32)18-33-22-11-9-21(27)10-12-22/h4-12H,3,13-18H2,1-2H3. The van der Waals surface area contributed by atoms with Gasteiger partial charge in [-0.15, -0.1) is 0 Å². The Morgan fingerprint density at radius 2 is 1.70 bits per heavy atom. The maximum absolute atomic E-state index is 12.7. The number of carbonyl (C=O) groups is 1. The van der Waals surface area contributed by atoms with Crippen LogP contribution in [0, 0.1) is 6.92 Å². The van der Waals surface area contributed by atoms with Crippen LogP contribution in [0.2, 0.25) is 5.02 Å². The molecule has 0 saturated carbocycles. The van der Waals surface area contributed by atoms with Crippen LogP contribution in [0.5, 0.6) is 5.75 Å². The van der Waals surface area contributed by atoms with Gasteiger partial charge in [-0.05, 0) is 43.2 Å². The molecular weight excluding hydrogens is 436 g/mol. The lowest BCUT2D eigenvalue weighted by Crippen LogP contribution is -2.50. The Bertz CT molecular complexity index is 1080. The number of rotatable bonds is 7. The van der Waals surface area contributed by atoms with E-state index in [9.17, 15) is 4.79 Å². The van der Waals surface area contributed by atoms with Gasteiger partial charge < -0.3 is 14.5 Å². The summed E-state index contributed by atoms with van der Waals surface area (Å²) in [6, 6.07) is 17.5. The molecule has 0 spiro atoms. The Hall–Kier alpha value is -3.12. The Labute approximate surface area is 200 Å². The molecule has 6 nitrogen and oxygen atoms in total. The monoisotopic (exact) mass is 464 g/mol. The van der Waals surface area contributed by atoms with Crippen molar-refractivity contribution in [3.05, 3.63) is 82.3 Å². The summed E-state index contributed by atoms with van der Waals surface area (Å²) in [6.45, 7) is 6.84. The van der Waals surface area contributed by atoms with Crippen molar-refractivity contribution in [2.75, 3.05) is 37.7 Å². The molecule has 0 radical (unpaired) electrons. The molecular formula is C26H29ClN4O2. The minimum absolute atomic E-state index is 0.0118. The van der Waals surface area contributed by atoms with Crippen molar-refractivity contribution < 1.29 is 9.53 Å². The van der Waals surface area contributed by atoms with Crippen molar-refractivity contribution in [2.45, 2.75) is 26.7 Å². The third-order valence-corrected chi connectivity index (χ3v) is 6.10. The van der Waals surface area contributed by atoms with E-state index in [2.05, 4.69) is 36.1 Å². The Morgan fingerprint density at radius 1 is 1.00 bits per heavy atom. The largest absolute Gasteiger partial charge is 0.484 e. The van der Waals surface area contributed by atoms with Crippen molar-refractivity contribution >= 4 is 23.3 Å². The maximum Gasteiger partial charge on any atom is 0.260 e. The number of ether oxygens (including phenoxy) is 1. The van der Waals surface area contributed by atoms with Crippen LogP contribution in [-0.2, 0) is 17.6 Å². The van der Waals surface area contributed by atoms with Crippen LogP contribution in [0.25, 0.3) is 0 Å². The summed E-state index contributed by atoms with van der Waals surface area (Å²) >= 11 is 5.90. The lowest BCUT2D eigenvalue weighted by atomic mass is 10.0. The normalized spacial score (nSPS) is 13.8. The Morgan fingerprint density at radius 3 is 2.36 bits per heavy atom. The number of hydrogen-bond donors (Lipinski definition) is 0. The molecule has 0 bridgehead atoms. The summed E-state index contributed by atoms with van der Waals surface area (Å²) in [4.78, 5) is 26.4. The average molecular weight is 465 g/mol. The van der Waals surface area contributed by atoms with Crippen LogP contribution in [0.1, 0.15) is 29.6 Å². The van der Waals surface area contributed by atoms with Crippen LogP contribution in [0.4, 0.5) is 5.82 Å². The van der Waals surface area contributed by atoms with Crippen molar-refractivity contribution in [1.29, 1.82) is 0 Å². The van der Waals surface area contributed by atoms with Crippen LogP contribution in [0.15, 0.2) is 54.6 Å². The molecule has 2 heterocycles. The predicted molar refractivity (Wildman–Crippen MR) is 131 cm³/mol. The number of halogens is 1. The van der Waals surface area contributed by atoms with Gasteiger partial charge in [-0.3, -0.25) is 4.79 Å². The predicted octanol–water partition coefficient (Wildman–Crippen LogP) is 4.32. The molecule has 1 aliphatic rings. The summed E-state index contributed by atoms with van der Waals surface area (Å²) in [5, 5.41) is 0.641. The van der Waals surface area contributed by atoms with Crippen molar-refractivity contribution in [3.63, 3.8) is 0 Å². The van der Waals surface area contributed by atoms with E-state index in [1.165, 1.54) is 11.1 Å². The highest BCUT2D eigenvalue weighted by Gasteiger charge is 2.25. The SMILES string of the molecule is CCc1nc(C)nc(N2CCN(C(=O)COc3ccc(Cl)cc3)CC2)c1Cc1ccccc1. The number of aromatic nitrogens is 2. The Kier molecular flexibility index (Phi) is 7.45. The summed E-state index contributed by atoms with van der Waals surface area (Å²) in [5.41, 5.74) is 3.52. The van der Waals surface area contributed by atoms with Gasteiger partial charge >= 0.3 is 0 Å². The molecule has 1 amide bonds. The second kappa shape index (κ2) is 10.7. The fraction of sp³-hybridized carbons (Fsp3) is 0.346. The van der Waals surface area contributed by atoms with Gasteiger partial charge in [0.25, 0.3) is 5.91 Å². The van der Waals surface area contributed by atoms with Gasteiger partial charge in [-0.2, -0.15) is 0 Å². The molecule has 0 aliphatic carbocycles. The third-order valence-electron chi connectivity index (χ3n) is 5.85. The second-order valence-corrected chi connectivity index (χ2v) is 8.58. The lowest BCUT2D eigenvalue weighted by molar-refractivity contribution is -0.133. The number of anilines is 1. The topological polar surface area (TPSA) is 58.6 Å². The van der Waals surface area contributed by atoms with Gasteiger partial charge in [0, 0.05) is 48.9 Å². The molecule has 172 valence electrons. The summed E-state index contributed by atoms with van der Waals surface area (Å²) < 4.78 is 5.63. The van der Waals surface area contributed by atoms with Gasteiger partial charge in [0.2, 0.25) is 0 Å². The van der Waals surface area contributed by atoms with Gasteiger partial charge in [-0.25, -0.2) is 9.97 Å². The van der Waals surface area contributed by atoms with Gasteiger partial charge in [0.05, 0.1) is 0 Å². The highest BCUT2D eigenvalue weighted by Crippen LogP contribution is 2.26. The quantitative estimate of drug-likeness (QED) is 0.521. The van der Waals surface area contributed by atoms with E-state index >= 15 is 0 Å². The average Bonchev–Trinajstić information content (AvgIpc) is 2.85. The minimum atomic E-state index is -0.0118. The molecule has 2 aromatic carbocycles. The fourth-order valence-corrected chi connectivity index (χ4v) is 4.23. The van der Waals surface area contributed by atoms with Crippen LogP contribution < -0.4 is 9.64 Å². The highest BCUT2D eigenvalue weighted by molar-refractivity contribution is 6.30. The zero-order valence-corrected chi connectivity index (χ0v) is 19.9. The third kappa shape index (κ3) is 5.82. The van der Waals surface area contributed by atoms with Gasteiger partial charge in [0.15, 0.2) is 6.61 Å². The van der Waals surface area contributed by atoms with E-state index in [0.29, 0.717) is 23.9 Å². The number of benzene rings is 2. The van der Waals surface area contributed by atoms with Crippen LogP contribution >= 0.6 is 11.6 Å². The molecule has 3 aromatic rings. The molecule has 1 fully saturated rings. The van der Waals surface area contributed by atoms with E-state index < -0.39 is 0 Å². The number of carbonyl (C=O) groups excluding carboxylic acids is 1. The molecule has 0 unspecified atom stereocenters. The maximum atomic E-state index is 12.7. The number of piperazine rings is 1. The van der Waals surface area contributed by atoms with E-state index in [4.69, 9.17) is 26.3 Å². The zero-order chi connectivity index (χ0) is 23.2. The molecule has 1 aliphatic heterocycles. The molecule has 1 aromatic heterocycles. The first-order valence-electron chi connectivity index (χ1n) is 11.3. The highest BCUT2D eigenvalue weighted by atomic mass is 35.5. The van der Waals surface area contributed by atoms with Gasteiger partial charge in [0.1, 0.15) is 17.4 Å². The second-order valence-electron chi connectivity index (χ2n) is 8.15. The number of nitrogens with zero attached hydrogens (tertiary/aromatic N) is 4. The lowest BCUT2D eigenvalue weighted by Gasteiger charge is -2.36. The summed E-state index contributed by atoms with van der Waals surface area (Å²) in [6.07, 6.45) is 1.66. The Balaban J connectivity index is 1.43. The fourth-order valence-electron chi connectivity index (χ4n) is 4.11. The number of aryl methyl sites for hydroxylation is 2. The zero-order valence-electron chi connectivity index (χ0n) is 19.1. The molecule has 0 atom stereocenters. The van der Waals surface area contributed by atoms with Crippen LogP contribution in [0.3, 0.4) is 0 Å². The van der Waals surface area contributed by atoms with Crippen molar-refractivity contribution in [3.8, 4) is 5.75 Å². The number of hydrogen-bond acceptors (Lipinski definition) is 5. The van der Waals surface area contributed by atoms with E-state index in [-0.39, 0.29) is 12.5 Å². The minimum Gasteiger partial charge on any atom is -0.484 e. The van der Waals surface area contributed by atoms with Crippen LogP contribution in [-0.4, -0.2) is 53.6 Å². The first-order valence-corrected chi connectivity index (χ1v) is 11.7.